The molecule has 2 rings (SSSR count). The number of piperazine rings is 1. The van der Waals surface area contributed by atoms with Crippen LogP contribution in [0.15, 0.2) is 0 Å². The molecule has 1 aliphatic heterocycles. The number of carbonyl (C=O) groups excluding carboxylic acids is 1. The van der Waals surface area contributed by atoms with Gasteiger partial charge in [0, 0.05) is 32.6 Å². The van der Waals surface area contributed by atoms with E-state index in [1.165, 1.54) is 4.90 Å². The van der Waals surface area contributed by atoms with Crippen molar-refractivity contribution < 1.29 is 13.6 Å². The fourth-order valence-corrected chi connectivity index (χ4v) is 1.59. The highest BCUT2D eigenvalue weighted by Gasteiger charge is 2.62. The Labute approximate surface area is 75.1 Å². The van der Waals surface area contributed by atoms with Crippen molar-refractivity contribution in [3.05, 3.63) is 0 Å². The first-order valence-corrected chi connectivity index (χ1v) is 4.48. The Balaban J connectivity index is 1.90. The molecule has 2 aliphatic rings. The van der Waals surface area contributed by atoms with E-state index >= 15 is 0 Å². The summed E-state index contributed by atoms with van der Waals surface area (Å²) in [6.07, 6.45) is -0.254. The van der Waals surface area contributed by atoms with Crippen molar-refractivity contribution in [1.82, 2.24) is 10.2 Å². The molecule has 0 bridgehead atoms. The Morgan fingerprint density at radius 3 is 2.38 bits per heavy atom. The van der Waals surface area contributed by atoms with Gasteiger partial charge in [-0.2, -0.15) is 0 Å². The van der Waals surface area contributed by atoms with Crippen LogP contribution in [-0.2, 0) is 4.79 Å². The number of hydrogen-bond acceptors (Lipinski definition) is 2. The molecule has 1 aliphatic carbocycles. The maximum Gasteiger partial charge on any atom is 0.260 e. The molecule has 1 saturated carbocycles. The summed E-state index contributed by atoms with van der Waals surface area (Å²) in [5, 5.41) is 3.07. The number of nitrogens with one attached hydrogen (secondary N) is 1. The van der Waals surface area contributed by atoms with Gasteiger partial charge in [-0.05, 0) is 0 Å². The van der Waals surface area contributed by atoms with E-state index in [0.717, 1.165) is 0 Å². The second-order valence-corrected chi connectivity index (χ2v) is 3.59. The summed E-state index contributed by atoms with van der Waals surface area (Å²) in [5.41, 5.74) is 0. The Hall–Kier alpha value is -0.710. The second kappa shape index (κ2) is 2.90. The number of rotatable bonds is 1. The zero-order valence-electron chi connectivity index (χ0n) is 7.22. The first kappa shape index (κ1) is 8.87. The highest BCUT2D eigenvalue weighted by atomic mass is 19.3. The summed E-state index contributed by atoms with van der Waals surface area (Å²) in [4.78, 5) is 12.9. The predicted octanol–water partition coefficient (Wildman–Crippen LogP) is 0.0734. The van der Waals surface area contributed by atoms with Gasteiger partial charge in [0.2, 0.25) is 5.91 Å². The molecule has 0 aromatic carbocycles. The third-order valence-corrected chi connectivity index (χ3v) is 2.55. The Morgan fingerprint density at radius 1 is 1.38 bits per heavy atom. The normalized spacial score (nSPS) is 31.5. The van der Waals surface area contributed by atoms with E-state index in [4.69, 9.17) is 0 Å². The molecule has 5 heteroatoms. The molecule has 1 unspecified atom stereocenters. The molecule has 0 aromatic heterocycles. The SMILES string of the molecule is O=C(C1CC1(F)F)N1CCNCC1. The molecule has 0 aromatic rings. The number of hydrogen-bond donors (Lipinski definition) is 1. The third kappa shape index (κ3) is 1.65. The van der Waals surface area contributed by atoms with Gasteiger partial charge < -0.3 is 10.2 Å². The molecule has 13 heavy (non-hydrogen) atoms. The number of halogens is 2. The molecule has 1 atom stereocenters. The summed E-state index contributed by atoms with van der Waals surface area (Å²) in [6, 6.07) is 0. The molecular weight excluding hydrogens is 178 g/mol. The topological polar surface area (TPSA) is 32.3 Å². The van der Waals surface area contributed by atoms with Gasteiger partial charge in [-0.1, -0.05) is 0 Å². The summed E-state index contributed by atoms with van der Waals surface area (Å²) in [5.74, 6) is -4.11. The fraction of sp³-hybridized carbons (Fsp3) is 0.875. The van der Waals surface area contributed by atoms with Crippen molar-refractivity contribution in [2.24, 2.45) is 5.92 Å². The minimum atomic E-state index is -2.72. The highest BCUT2D eigenvalue weighted by Crippen LogP contribution is 2.49. The Morgan fingerprint density at radius 2 is 1.92 bits per heavy atom. The number of carbonyl (C=O) groups is 1. The average molecular weight is 190 g/mol. The van der Waals surface area contributed by atoms with E-state index < -0.39 is 11.8 Å². The molecule has 0 spiro atoms. The van der Waals surface area contributed by atoms with Crippen LogP contribution in [0, 0.1) is 5.92 Å². The van der Waals surface area contributed by atoms with E-state index in [1.807, 2.05) is 0 Å². The van der Waals surface area contributed by atoms with Gasteiger partial charge in [0.1, 0.15) is 5.92 Å². The number of alkyl halides is 2. The summed E-state index contributed by atoms with van der Waals surface area (Å²) < 4.78 is 25.1. The van der Waals surface area contributed by atoms with E-state index in [9.17, 15) is 13.6 Å². The van der Waals surface area contributed by atoms with Crippen molar-refractivity contribution in [3.63, 3.8) is 0 Å². The van der Waals surface area contributed by atoms with Crippen molar-refractivity contribution in [1.29, 1.82) is 0 Å². The zero-order chi connectivity index (χ0) is 9.47. The zero-order valence-corrected chi connectivity index (χ0v) is 7.22. The lowest BCUT2D eigenvalue weighted by Crippen LogP contribution is -2.47. The fourth-order valence-electron chi connectivity index (χ4n) is 1.59. The monoisotopic (exact) mass is 190 g/mol. The van der Waals surface area contributed by atoms with Gasteiger partial charge in [0.15, 0.2) is 0 Å². The Kier molecular flexibility index (Phi) is 1.98. The minimum absolute atomic E-state index is 0.254. The molecule has 1 amide bonds. The number of nitrogens with zero attached hydrogens (tertiary/aromatic N) is 1. The van der Waals surface area contributed by atoms with Crippen LogP contribution < -0.4 is 5.32 Å². The van der Waals surface area contributed by atoms with Gasteiger partial charge in [-0.3, -0.25) is 4.79 Å². The van der Waals surface area contributed by atoms with E-state index in [1.54, 1.807) is 0 Å². The maximum atomic E-state index is 12.5. The molecule has 2 fully saturated rings. The summed E-state index contributed by atoms with van der Waals surface area (Å²) in [6.45, 7) is 2.55. The lowest BCUT2D eigenvalue weighted by molar-refractivity contribution is -0.135. The molecule has 0 radical (unpaired) electrons. The molecule has 74 valence electrons. The van der Waals surface area contributed by atoms with E-state index in [-0.39, 0.29) is 12.3 Å². The first-order valence-electron chi connectivity index (χ1n) is 4.48. The predicted molar refractivity (Wildman–Crippen MR) is 42.5 cm³/mol. The van der Waals surface area contributed by atoms with Crippen LogP contribution in [-0.4, -0.2) is 42.9 Å². The first-order chi connectivity index (χ1) is 6.11. The Bertz CT molecular complexity index is 226. The van der Waals surface area contributed by atoms with Crippen LogP contribution in [0.3, 0.4) is 0 Å². The van der Waals surface area contributed by atoms with Gasteiger partial charge >= 0.3 is 0 Å². The summed E-state index contributed by atoms with van der Waals surface area (Å²) >= 11 is 0. The van der Waals surface area contributed by atoms with Gasteiger partial charge in [-0.15, -0.1) is 0 Å². The largest absolute Gasteiger partial charge is 0.340 e. The second-order valence-electron chi connectivity index (χ2n) is 3.59. The van der Waals surface area contributed by atoms with Crippen LogP contribution in [0.25, 0.3) is 0 Å². The third-order valence-electron chi connectivity index (χ3n) is 2.55. The van der Waals surface area contributed by atoms with Crippen LogP contribution in [0.2, 0.25) is 0 Å². The molecular formula is C8H12F2N2O. The standard InChI is InChI=1S/C8H12F2N2O/c9-8(10)5-6(8)7(13)12-3-1-11-2-4-12/h6,11H,1-5H2. The van der Waals surface area contributed by atoms with E-state index in [2.05, 4.69) is 5.32 Å². The molecule has 1 N–H and O–H groups in total. The van der Waals surface area contributed by atoms with Crippen LogP contribution in [0.4, 0.5) is 8.78 Å². The van der Waals surface area contributed by atoms with Crippen molar-refractivity contribution in [2.45, 2.75) is 12.3 Å². The highest BCUT2D eigenvalue weighted by molar-refractivity contribution is 5.83. The van der Waals surface area contributed by atoms with Crippen molar-refractivity contribution >= 4 is 5.91 Å². The average Bonchev–Trinajstić information content (AvgIpc) is 2.76. The van der Waals surface area contributed by atoms with E-state index in [0.29, 0.717) is 26.2 Å². The quantitative estimate of drug-likeness (QED) is 0.634. The van der Waals surface area contributed by atoms with Crippen molar-refractivity contribution in [2.75, 3.05) is 26.2 Å². The minimum Gasteiger partial charge on any atom is -0.340 e. The lowest BCUT2D eigenvalue weighted by Gasteiger charge is -2.27. The summed E-state index contributed by atoms with van der Waals surface area (Å²) in [7, 11) is 0. The van der Waals surface area contributed by atoms with Crippen molar-refractivity contribution in [3.8, 4) is 0 Å². The molecule has 1 saturated heterocycles. The van der Waals surface area contributed by atoms with Gasteiger partial charge in [-0.25, -0.2) is 8.78 Å². The van der Waals surface area contributed by atoms with Crippen LogP contribution in [0.1, 0.15) is 6.42 Å². The smallest absolute Gasteiger partial charge is 0.260 e. The van der Waals surface area contributed by atoms with Gasteiger partial charge in [0.25, 0.3) is 5.92 Å². The molecule has 1 heterocycles. The lowest BCUT2D eigenvalue weighted by atomic mass is 10.3. The van der Waals surface area contributed by atoms with Gasteiger partial charge in [0.05, 0.1) is 0 Å². The van der Waals surface area contributed by atoms with Crippen LogP contribution in [0.5, 0.6) is 0 Å². The number of amides is 1. The van der Waals surface area contributed by atoms with Crippen LogP contribution >= 0.6 is 0 Å². The maximum absolute atomic E-state index is 12.5. The molecule has 3 nitrogen and oxygen atoms in total.